The Kier molecular flexibility index (Phi) is 5.78. The molecular formula is C18H21ClN4O2S. The molecule has 8 heteroatoms. The van der Waals surface area contributed by atoms with Gasteiger partial charge in [-0.3, -0.25) is 10.1 Å². The molecule has 2 heterocycles. The fourth-order valence-electron chi connectivity index (χ4n) is 2.99. The molecule has 3 rings (SSSR count). The number of piperidine rings is 1. The van der Waals surface area contributed by atoms with Crippen LogP contribution in [0, 0.1) is 12.8 Å². The van der Waals surface area contributed by atoms with E-state index in [1.165, 1.54) is 11.3 Å². The summed E-state index contributed by atoms with van der Waals surface area (Å²) in [5, 5.41) is 6.31. The van der Waals surface area contributed by atoms with Gasteiger partial charge in [-0.05, 0) is 43.9 Å². The molecule has 1 aromatic heterocycles. The number of nitrogens with zero attached hydrogens (tertiary/aromatic N) is 2. The smallest absolute Gasteiger partial charge is 0.325 e. The Bertz CT molecular complexity index is 823. The number of carbonyl (C=O) groups is 2. The van der Waals surface area contributed by atoms with Gasteiger partial charge in [0.25, 0.3) is 5.91 Å². The van der Waals surface area contributed by atoms with Gasteiger partial charge in [-0.2, -0.15) is 0 Å². The summed E-state index contributed by atoms with van der Waals surface area (Å²) in [5.74, 6) is 0.511. The molecule has 0 bridgehead atoms. The van der Waals surface area contributed by atoms with Gasteiger partial charge < -0.3 is 10.2 Å². The first kappa shape index (κ1) is 18.7. The van der Waals surface area contributed by atoms with Crippen LogP contribution in [0.15, 0.2) is 24.3 Å². The summed E-state index contributed by atoms with van der Waals surface area (Å²) in [5.41, 5.74) is 1.22. The van der Waals surface area contributed by atoms with Crippen molar-refractivity contribution < 1.29 is 9.59 Å². The first-order valence-electron chi connectivity index (χ1n) is 8.52. The molecule has 0 aliphatic carbocycles. The van der Waals surface area contributed by atoms with Gasteiger partial charge in [-0.15, -0.1) is 0 Å². The first-order valence-corrected chi connectivity index (χ1v) is 9.72. The van der Waals surface area contributed by atoms with Gasteiger partial charge in [0, 0.05) is 23.8 Å². The normalized spacial score (nSPS) is 17.0. The second-order valence-electron chi connectivity index (χ2n) is 6.52. The molecule has 1 aromatic carbocycles. The van der Waals surface area contributed by atoms with Crippen molar-refractivity contribution in [3.63, 3.8) is 0 Å². The third-order valence-electron chi connectivity index (χ3n) is 4.24. The van der Waals surface area contributed by atoms with Gasteiger partial charge in [0.15, 0.2) is 5.13 Å². The third-order valence-corrected chi connectivity index (χ3v) is 5.53. The molecule has 3 amide bonds. The molecule has 2 N–H and O–H groups in total. The highest BCUT2D eigenvalue weighted by Crippen LogP contribution is 2.26. The fraction of sp³-hybridized carbons (Fsp3) is 0.389. The second-order valence-corrected chi connectivity index (χ2v) is 7.96. The van der Waals surface area contributed by atoms with Crippen molar-refractivity contribution in [2.75, 3.05) is 23.7 Å². The number of benzene rings is 1. The lowest BCUT2D eigenvalue weighted by Gasteiger charge is -2.30. The minimum Gasteiger partial charge on any atom is -0.338 e. The van der Waals surface area contributed by atoms with Crippen molar-refractivity contribution in [2.24, 2.45) is 5.92 Å². The Balaban J connectivity index is 1.65. The van der Waals surface area contributed by atoms with Crippen LogP contribution in [0.1, 0.15) is 35.1 Å². The maximum absolute atomic E-state index is 12.7. The number of carbonyl (C=O) groups excluding carboxylic acids is 2. The van der Waals surface area contributed by atoms with Crippen LogP contribution >= 0.6 is 22.9 Å². The quantitative estimate of drug-likeness (QED) is 0.800. The summed E-state index contributed by atoms with van der Waals surface area (Å²) < 4.78 is 0. The van der Waals surface area contributed by atoms with Crippen LogP contribution in [0.4, 0.5) is 15.6 Å². The lowest BCUT2D eigenvalue weighted by atomic mass is 10.0. The molecule has 26 heavy (non-hydrogen) atoms. The maximum atomic E-state index is 12.7. The summed E-state index contributed by atoms with van der Waals surface area (Å²) in [4.78, 5) is 31.7. The van der Waals surface area contributed by atoms with E-state index in [0.29, 0.717) is 32.3 Å². The van der Waals surface area contributed by atoms with E-state index < -0.39 is 6.03 Å². The monoisotopic (exact) mass is 392 g/mol. The fourth-order valence-corrected chi connectivity index (χ4v) is 4.11. The number of likely N-dealkylation sites (tertiary alicyclic amines) is 1. The average molecular weight is 393 g/mol. The summed E-state index contributed by atoms with van der Waals surface area (Å²) in [7, 11) is 0. The van der Waals surface area contributed by atoms with Gasteiger partial charge in [-0.1, -0.05) is 35.9 Å². The topological polar surface area (TPSA) is 74.3 Å². The summed E-state index contributed by atoms with van der Waals surface area (Å²) in [6, 6.07) is 6.45. The number of halogens is 1. The molecule has 0 radical (unpaired) electrons. The van der Waals surface area contributed by atoms with Gasteiger partial charge >= 0.3 is 6.03 Å². The number of rotatable bonds is 3. The van der Waals surface area contributed by atoms with E-state index in [-0.39, 0.29) is 5.91 Å². The lowest BCUT2D eigenvalue weighted by molar-refractivity contribution is 0.0687. The van der Waals surface area contributed by atoms with Crippen LogP contribution in [0.3, 0.4) is 0 Å². The maximum Gasteiger partial charge on any atom is 0.325 e. The Morgan fingerprint density at radius 3 is 2.88 bits per heavy atom. The van der Waals surface area contributed by atoms with E-state index in [9.17, 15) is 9.59 Å². The van der Waals surface area contributed by atoms with E-state index in [1.54, 1.807) is 31.2 Å². The van der Waals surface area contributed by atoms with Crippen molar-refractivity contribution in [1.29, 1.82) is 0 Å². The van der Waals surface area contributed by atoms with Gasteiger partial charge in [-0.25, -0.2) is 9.78 Å². The number of thiazole rings is 1. The van der Waals surface area contributed by atoms with Crippen LogP contribution < -0.4 is 10.6 Å². The highest BCUT2D eigenvalue weighted by molar-refractivity contribution is 7.17. The van der Waals surface area contributed by atoms with E-state index in [0.717, 1.165) is 25.9 Å². The van der Waals surface area contributed by atoms with E-state index in [2.05, 4.69) is 22.5 Å². The molecule has 2 aromatic rings. The molecule has 1 aliphatic heterocycles. The van der Waals surface area contributed by atoms with Crippen LogP contribution in [0.25, 0.3) is 0 Å². The molecule has 1 unspecified atom stereocenters. The van der Waals surface area contributed by atoms with Crippen LogP contribution in [-0.4, -0.2) is 34.9 Å². The van der Waals surface area contributed by atoms with Crippen molar-refractivity contribution >= 4 is 45.7 Å². The van der Waals surface area contributed by atoms with Crippen molar-refractivity contribution in [1.82, 2.24) is 9.88 Å². The largest absolute Gasteiger partial charge is 0.338 e. The Morgan fingerprint density at radius 2 is 2.15 bits per heavy atom. The zero-order valence-corrected chi connectivity index (χ0v) is 16.3. The van der Waals surface area contributed by atoms with Gasteiger partial charge in [0.2, 0.25) is 0 Å². The Hall–Kier alpha value is -2.12. The third kappa shape index (κ3) is 4.53. The Labute approximate surface area is 161 Å². The zero-order valence-electron chi connectivity index (χ0n) is 14.7. The molecule has 1 atom stereocenters. The molecule has 6 nitrogen and oxygen atoms in total. The number of aryl methyl sites for hydroxylation is 1. The molecule has 0 saturated carbocycles. The number of amides is 3. The number of hydrogen-bond acceptors (Lipinski definition) is 4. The predicted molar refractivity (Wildman–Crippen MR) is 105 cm³/mol. The van der Waals surface area contributed by atoms with E-state index in [1.807, 2.05) is 4.90 Å². The molecule has 1 saturated heterocycles. The summed E-state index contributed by atoms with van der Waals surface area (Å²) >= 11 is 7.11. The van der Waals surface area contributed by atoms with Crippen LogP contribution in [0.2, 0.25) is 5.02 Å². The first-order chi connectivity index (χ1) is 12.4. The molecule has 138 valence electrons. The number of hydrogen-bond donors (Lipinski definition) is 2. The minimum atomic E-state index is -0.424. The number of nitrogens with one attached hydrogen (secondary N) is 2. The van der Waals surface area contributed by atoms with Crippen molar-refractivity contribution in [3.8, 4) is 0 Å². The zero-order chi connectivity index (χ0) is 18.7. The lowest BCUT2D eigenvalue weighted by Crippen LogP contribution is -2.39. The standard InChI is InChI=1S/C18H21ClN4O2S/c1-11-5-4-8-23(10-11)16(24)15-12(2)20-18(26-15)22-17(25)21-14-7-3-6-13(19)9-14/h3,6-7,9,11H,4-5,8,10H2,1-2H3,(H2,20,21,22,25). The molecule has 1 fully saturated rings. The number of anilines is 2. The highest BCUT2D eigenvalue weighted by atomic mass is 35.5. The number of aromatic nitrogens is 1. The van der Waals surface area contributed by atoms with E-state index in [4.69, 9.17) is 11.6 Å². The minimum absolute atomic E-state index is 0.00477. The van der Waals surface area contributed by atoms with E-state index >= 15 is 0 Å². The molecular weight excluding hydrogens is 372 g/mol. The Morgan fingerprint density at radius 1 is 1.35 bits per heavy atom. The second kappa shape index (κ2) is 8.05. The molecule has 0 spiro atoms. The average Bonchev–Trinajstić information content (AvgIpc) is 2.94. The highest BCUT2D eigenvalue weighted by Gasteiger charge is 2.25. The SMILES string of the molecule is Cc1nc(NC(=O)Nc2cccc(Cl)c2)sc1C(=O)N1CCCC(C)C1. The van der Waals surface area contributed by atoms with Gasteiger partial charge in [0.05, 0.1) is 5.69 Å². The summed E-state index contributed by atoms with van der Waals surface area (Å²) in [6.07, 6.45) is 2.18. The summed E-state index contributed by atoms with van der Waals surface area (Å²) in [6.45, 7) is 5.50. The van der Waals surface area contributed by atoms with Crippen LogP contribution in [-0.2, 0) is 0 Å². The van der Waals surface area contributed by atoms with Gasteiger partial charge in [0.1, 0.15) is 4.88 Å². The molecule has 1 aliphatic rings. The predicted octanol–water partition coefficient (Wildman–Crippen LogP) is 4.62. The number of urea groups is 1. The van der Waals surface area contributed by atoms with Crippen molar-refractivity contribution in [3.05, 3.63) is 39.9 Å². The van der Waals surface area contributed by atoms with Crippen LogP contribution in [0.5, 0.6) is 0 Å². The van der Waals surface area contributed by atoms with Crippen molar-refractivity contribution in [2.45, 2.75) is 26.7 Å².